The van der Waals surface area contributed by atoms with Gasteiger partial charge in [0.2, 0.25) is 0 Å². The predicted molar refractivity (Wildman–Crippen MR) is 300 cm³/mol. The lowest BCUT2D eigenvalue weighted by Crippen LogP contribution is -2.23. The molecular weight excluding hydrogens is 874 g/mol. The quantitative estimate of drug-likeness (QED) is 0.0516. The van der Waals surface area contributed by atoms with Gasteiger partial charge in [-0.2, -0.15) is 0 Å². The first kappa shape index (κ1) is 54.9. The molecule has 0 radical (unpaired) electrons. The van der Waals surface area contributed by atoms with E-state index < -0.39 is 21.4 Å². The van der Waals surface area contributed by atoms with Crippen LogP contribution in [0.2, 0.25) is 0 Å². The molecule has 3 nitrogen and oxygen atoms in total. The Hall–Kier alpha value is -6.43. The van der Waals surface area contributed by atoms with E-state index in [1.54, 1.807) is 25.2 Å². The zero-order valence-electron chi connectivity index (χ0n) is 40.5. The van der Waals surface area contributed by atoms with Gasteiger partial charge in [0, 0.05) is 53.6 Å². The Kier molecular flexibility index (Phi) is 21.3. The smallest absolute Gasteiger partial charge is 0.171 e. The standard InChI is InChI=1S/C56H57O3P3.C3H4.C2H4/c1-11-26-46(14-4)60(57,56-35-25-29-43(9)52(56)27-12-2)44(10)36-37-47(15-5)61(58,55-34-24-28-42(8)51(55)16-6)49-38-40-50(41-39-49)62(59,48-31-21-19-22-32-48)54(17-7)53-33-23-18-20-30-45(53)13-3;1-3-2;1-2/h3,11-12,14-17,19-41H,5-6,18H2,1-2,4,7-10H3;1H,2H3;1-2H2/b26-11-,27-12-,44-36+,46-14+,47-37+,54-17+;;. The summed E-state index contributed by atoms with van der Waals surface area (Å²) in [5.41, 5.74) is 5.00. The minimum Gasteiger partial charge on any atom is -0.309 e. The van der Waals surface area contributed by atoms with Crippen LogP contribution in [0.1, 0.15) is 70.2 Å². The number of hydrogen-bond acceptors (Lipinski definition) is 3. The van der Waals surface area contributed by atoms with E-state index in [1.165, 1.54) is 0 Å². The third-order valence-corrected chi connectivity index (χ3v) is 21.0. The minimum atomic E-state index is -3.75. The highest BCUT2D eigenvalue weighted by molar-refractivity contribution is 7.83. The normalized spacial score (nSPS) is 15.9. The molecule has 1 aliphatic rings. The molecule has 0 fully saturated rings. The lowest BCUT2D eigenvalue weighted by Gasteiger charge is -2.26. The molecule has 0 saturated heterocycles. The highest BCUT2D eigenvalue weighted by atomic mass is 31.2. The number of allylic oxidation sites excluding steroid dienone is 18. The van der Waals surface area contributed by atoms with Crippen LogP contribution in [0.3, 0.4) is 0 Å². The van der Waals surface area contributed by atoms with Gasteiger partial charge in [0.25, 0.3) is 0 Å². The van der Waals surface area contributed by atoms with Gasteiger partial charge in [-0.3, -0.25) is 0 Å². The summed E-state index contributed by atoms with van der Waals surface area (Å²) < 4.78 is 48.2. The van der Waals surface area contributed by atoms with Gasteiger partial charge >= 0.3 is 0 Å². The minimum absolute atomic E-state index is 0.454. The third kappa shape index (κ3) is 11.6. The van der Waals surface area contributed by atoms with Gasteiger partial charge in [0.1, 0.15) is 0 Å². The van der Waals surface area contributed by atoms with Crippen molar-refractivity contribution in [3.63, 3.8) is 0 Å². The summed E-state index contributed by atoms with van der Waals surface area (Å²) >= 11 is 0. The van der Waals surface area contributed by atoms with Gasteiger partial charge in [-0.15, -0.1) is 31.9 Å². The van der Waals surface area contributed by atoms with Crippen LogP contribution in [0, 0.1) is 38.5 Å². The summed E-state index contributed by atoms with van der Waals surface area (Å²) in [5, 5.41) is 5.49. The monoisotopic (exact) mass is 938 g/mol. The Morgan fingerprint density at radius 2 is 1.21 bits per heavy atom. The van der Waals surface area contributed by atoms with Crippen molar-refractivity contribution in [2.24, 2.45) is 0 Å². The number of benzene rings is 4. The van der Waals surface area contributed by atoms with Crippen molar-refractivity contribution in [1.82, 2.24) is 0 Å². The first-order valence-electron chi connectivity index (χ1n) is 22.1. The average Bonchev–Trinajstić information content (AvgIpc) is 3.60. The van der Waals surface area contributed by atoms with Crippen LogP contribution >= 0.6 is 21.4 Å². The molecule has 4 aromatic rings. The number of rotatable bonds is 15. The molecule has 1 aliphatic carbocycles. The molecule has 0 aliphatic heterocycles. The fourth-order valence-electron chi connectivity index (χ4n) is 8.08. The van der Waals surface area contributed by atoms with Gasteiger partial charge in [-0.05, 0) is 95.5 Å². The largest absolute Gasteiger partial charge is 0.309 e. The molecule has 3 atom stereocenters. The predicted octanol–water partition coefficient (Wildman–Crippen LogP) is 15.5. The van der Waals surface area contributed by atoms with E-state index in [4.69, 9.17) is 6.42 Å². The molecule has 0 saturated carbocycles. The first-order chi connectivity index (χ1) is 32.3. The summed E-state index contributed by atoms with van der Waals surface area (Å²) in [6, 6.07) is 28.4. The SMILES string of the molecule is C#CC.C#CC1=C(/C(=C\C)P(=O)(c2ccccc2)c2ccc(P(=O)(/C(C=C)=C/C=C(\C)P(=O)(C(/C=C\C)=C/C)c3cccc(C)c3/C=C\C)c3cccc(C)c3C=C)cc2)C=CCC=C1.C=C. The van der Waals surface area contributed by atoms with Crippen LogP contribution in [0.15, 0.2) is 223 Å². The highest BCUT2D eigenvalue weighted by Crippen LogP contribution is 2.62. The maximum absolute atomic E-state index is 16.4. The molecule has 342 valence electrons. The molecule has 5 rings (SSSR count). The average molecular weight is 939 g/mol. The lowest BCUT2D eigenvalue weighted by atomic mass is 10.1. The van der Waals surface area contributed by atoms with E-state index in [-0.39, 0.29) is 0 Å². The topological polar surface area (TPSA) is 51.2 Å². The molecule has 0 N–H and O–H groups in total. The third-order valence-electron chi connectivity index (χ3n) is 11.3. The molecule has 3 unspecified atom stereocenters. The molecule has 0 aromatic heterocycles. The molecule has 6 heteroatoms. The Labute approximate surface area is 403 Å². The summed E-state index contributed by atoms with van der Waals surface area (Å²) in [5.74, 6) is 5.07. The van der Waals surface area contributed by atoms with E-state index in [1.807, 2.05) is 206 Å². The van der Waals surface area contributed by atoms with E-state index in [0.29, 0.717) is 54.5 Å². The van der Waals surface area contributed by atoms with Crippen molar-refractivity contribution in [3.05, 3.63) is 245 Å². The van der Waals surface area contributed by atoms with Gasteiger partial charge in [0.05, 0.1) is 0 Å². The molecule has 0 heterocycles. The fraction of sp³-hybridized carbons (Fsp3) is 0.148. The van der Waals surface area contributed by atoms with Crippen LogP contribution < -0.4 is 26.5 Å². The zero-order valence-corrected chi connectivity index (χ0v) is 43.2. The summed E-state index contributed by atoms with van der Waals surface area (Å²) in [6.45, 7) is 29.5. The second-order valence-corrected chi connectivity index (χ2v) is 23.6. The van der Waals surface area contributed by atoms with Crippen LogP contribution in [0.25, 0.3) is 12.2 Å². The van der Waals surface area contributed by atoms with Crippen molar-refractivity contribution in [2.75, 3.05) is 0 Å². The highest BCUT2D eigenvalue weighted by Gasteiger charge is 2.37. The van der Waals surface area contributed by atoms with E-state index >= 15 is 13.7 Å². The van der Waals surface area contributed by atoms with Crippen molar-refractivity contribution < 1.29 is 13.7 Å². The van der Waals surface area contributed by atoms with Crippen molar-refractivity contribution >= 4 is 60.1 Å². The molecule has 67 heavy (non-hydrogen) atoms. The lowest BCUT2D eigenvalue weighted by molar-refractivity contribution is 0.588. The van der Waals surface area contributed by atoms with Crippen LogP contribution in [-0.2, 0) is 13.7 Å². The van der Waals surface area contributed by atoms with Gasteiger partial charge < -0.3 is 13.7 Å². The van der Waals surface area contributed by atoms with E-state index in [2.05, 4.69) is 44.6 Å². The Balaban J connectivity index is 0.00000229. The van der Waals surface area contributed by atoms with Crippen LogP contribution in [-0.4, -0.2) is 0 Å². The number of aryl methyl sites for hydroxylation is 2. The van der Waals surface area contributed by atoms with Crippen molar-refractivity contribution in [3.8, 4) is 24.7 Å². The summed E-state index contributed by atoms with van der Waals surface area (Å²) in [4.78, 5) is 0. The first-order valence-corrected chi connectivity index (χ1v) is 27.2. The Morgan fingerprint density at radius 1 is 0.657 bits per heavy atom. The van der Waals surface area contributed by atoms with Crippen LogP contribution in [0.4, 0.5) is 0 Å². The second-order valence-electron chi connectivity index (χ2n) is 15.2. The maximum Gasteiger partial charge on any atom is 0.171 e. The molecule has 0 amide bonds. The van der Waals surface area contributed by atoms with Crippen molar-refractivity contribution in [2.45, 2.75) is 61.8 Å². The van der Waals surface area contributed by atoms with Gasteiger partial charge in [-0.1, -0.05) is 189 Å². The van der Waals surface area contributed by atoms with Crippen LogP contribution in [0.5, 0.6) is 0 Å². The van der Waals surface area contributed by atoms with Gasteiger partial charge in [-0.25, -0.2) is 0 Å². The Morgan fingerprint density at radius 3 is 1.73 bits per heavy atom. The summed E-state index contributed by atoms with van der Waals surface area (Å²) in [6.07, 6.45) is 37.8. The maximum atomic E-state index is 16.4. The molecule has 0 bridgehead atoms. The molecule has 0 spiro atoms. The second kappa shape index (κ2) is 26.0. The molecular formula is C61H65O3P3. The van der Waals surface area contributed by atoms with E-state index in [9.17, 15) is 0 Å². The fourth-order valence-corrected chi connectivity index (χ4v) is 16.8. The number of terminal acetylenes is 2. The van der Waals surface area contributed by atoms with E-state index in [0.717, 1.165) is 33.1 Å². The van der Waals surface area contributed by atoms with Gasteiger partial charge in [0.15, 0.2) is 21.4 Å². The Bertz CT molecular complexity index is 2960. The zero-order chi connectivity index (χ0) is 49.8. The number of hydrogen-bond donors (Lipinski definition) is 0. The molecule has 4 aromatic carbocycles. The summed E-state index contributed by atoms with van der Waals surface area (Å²) in [7, 11) is -10.7. The van der Waals surface area contributed by atoms with Crippen molar-refractivity contribution in [1.29, 1.82) is 0 Å².